The number of aliphatic hydroxyl groups excluding tert-OH is 1. The molecule has 174 valence electrons. The van der Waals surface area contributed by atoms with Crippen LogP contribution in [0.5, 0.6) is 0 Å². The lowest BCUT2D eigenvalue weighted by Crippen LogP contribution is -2.55. The van der Waals surface area contributed by atoms with Gasteiger partial charge in [0.15, 0.2) is 0 Å². The van der Waals surface area contributed by atoms with Crippen LogP contribution in [0.1, 0.15) is 44.6 Å². The van der Waals surface area contributed by atoms with Gasteiger partial charge in [-0.25, -0.2) is 0 Å². The average molecular weight is 444 g/mol. The standard InChI is InChI=1S/C24H33N3O5/c1-2-3-12-25-22(30)20-24-11-10-17(32-24)18(19(24)23(31)27(20)13-7-14-28)21(29)26-15-16-8-5-4-6-9-16/h4-6,8-9,17-20,28H,2-3,7,10-15H2,1H3,(H,25,30)(H,26,29)/t17-,18+,19-,20?,24?/m0/s1. The molecule has 32 heavy (non-hydrogen) atoms. The van der Waals surface area contributed by atoms with E-state index in [1.165, 1.54) is 0 Å². The maximum Gasteiger partial charge on any atom is 0.245 e. The quantitative estimate of drug-likeness (QED) is 0.467. The fourth-order valence-electron chi connectivity index (χ4n) is 5.62. The predicted molar refractivity (Wildman–Crippen MR) is 117 cm³/mol. The number of nitrogens with one attached hydrogen (secondary N) is 2. The van der Waals surface area contributed by atoms with Gasteiger partial charge in [0.1, 0.15) is 11.6 Å². The second kappa shape index (κ2) is 9.58. The van der Waals surface area contributed by atoms with Gasteiger partial charge in [-0.3, -0.25) is 14.4 Å². The first kappa shape index (κ1) is 22.7. The van der Waals surface area contributed by atoms with Crippen LogP contribution in [0.25, 0.3) is 0 Å². The molecule has 1 aromatic carbocycles. The maximum absolute atomic E-state index is 13.5. The topological polar surface area (TPSA) is 108 Å². The van der Waals surface area contributed by atoms with Crippen molar-refractivity contribution in [2.45, 2.75) is 63.3 Å². The van der Waals surface area contributed by atoms with E-state index in [-0.39, 0.29) is 37.0 Å². The molecule has 3 amide bonds. The Kier molecular flexibility index (Phi) is 6.81. The van der Waals surface area contributed by atoms with E-state index >= 15 is 0 Å². The van der Waals surface area contributed by atoms with Gasteiger partial charge in [-0.05, 0) is 31.2 Å². The van der Waals surface area contributed by atoms with E-state index in [2.05, 4.69) is 10.6 Å². The fourth-order valence-corrected chi connectivity index (χ4v) is 5.62. The van der Waals surface area contributed by atoms with Gasteiger partial charge in [0.25, 0.3) is 0 Å². The van der Waals surface area contributed by atoms with Crippen molar-refractivity contribution in [1.82, 2.24) is 15.5 Å². The summed E-state index contributed by atoms with van der Waals surface area (Å²) in [4.78, 5) is 41.5. The van der Waals surface area contributed by atoms with Crippen molar-refractivity contribution >= 4 is 17.7 Å². The Balaban J connectivity index is 1.55. The summed E-state index contributed by atoms with van der Waals surface area (Å²) in [6.45, 7) is 3.17. The van der Waals surface area contributed by atoms with Crippen LogP contribution < -0.4 is 10.6 Å². The van der Waals surface area contributed by atoms with Gasteiger partial charge >= 0.3 is 0 Å². The molecule has 8 nitrogen and oxygen atoms in total. The smallest absolute Gasteiger partial charge is 0.245 e. The van der Waals surface area contributed by atoms with Gasteiger partial charge in [-0.1, -0.05) is 43.7 Å². The Morgan fingerprint density at radius 1 is 1.19 bits per heavy atom. The van der Waals surface area contributed by atoms with Crippen LogP contribution in [0.15, 0.2) is 30.3 Å². The van der Waals surface area contributed by atoms with Crippen molar-refractivity contribution < 1.29 is 24.2 Å². The number of amides is 3. The van der Waals surface area contributed by atoms with Gasteiger partial charge < -0.3 is 25.4 Å². The Labute approximate surface area is 188 Å². The number of carbonyl (C=O) groups is 3. The number of fused-ring (bicyclic) bond motifs is 1. The lowest BCUT2D eigenvalue weighted by atomic mass is 9.70. The molecule has 0 radical (unpaired) electrons. The molecule has 3 saturated heterocycles. The third-order valence-corrected chi connectivity index (χ3v) is 7.05. The van der Waals surface area contributed by atoms with Gasteiger partial charge in [0.2, 0.25) is 17.7 Å². The minimum Gasteiger partial charge on any atom is -0.396 e. The zero-order valence-electron chi connectivity index (χ0n) is 18.6. The highest BCUT2D eigenvalue weighted by atomic mass is 16.5. The van der Waals surface area contributed by atoms with E-state index in [9.17, 15) is 19.5 Å². The summed E-state index contributed by atoms with van der Waals surface area (Å²) >= 11 is 0. The van der Waals surface area contributed by atoms with Crippen LogP contribution in [-0.4, -0.2) is 65.2 Å². The van der Waals surface area contributed by atoms with E-state index in [1.54, 1.807) is 4.90 Å². The van der Waals surface area contributed by atoms with Crippen LogP contribution in [0.3, 0.4) is 0 Å². The fraction of sp³-hybridized carbons (Fsp3) is 0.625. The highest BCUT2D eigenvalue weighted by molar-refractivity contribution is 5.98. The Morgan fingerprint density at radius 3 is 2.69 bits per heavy atom. The lowest BCUT2D eigenvalue weighted by molar-refractivity contribution is -0.142. The van der Waals surface area contributed by atoms with E-state index in [1.807, 2.05) is 37.3 Å². The molecular formula is C24H33N3O5. The largest absolute Gasteiger partial charge is 0.396 e. The van der Waals surface area contributed by atoms with Crippen LogP contribution in [0.4, 0.5) is 0 Å². The number of carbonyl (C=O) groups excluding carboxylic acids is 3. The molecule has 0 aliphatic carbocycles. The number of hydrogen-bond acceptors (Lipinski definition) is 5. The molecular weight excluding hydrogens is 410 g/mol. The van der Waals surface area contributed by atoms with Crippen LogP contribution in [0, 0.1) is 11.8 Å². The summed E-state index contributed by atoms with van der Waals surface area (Å²) in [5.41, 5.74) is 0.0116. The first-order chi connectivity index (χ1) is 15.5. The maximum atomic E-state index is 13.5. The summed E-state index contributed by atoms with van der Waals surface area (Å²) in [7, 11) is 0. The zero-order valence-corrected chi connectivity index (χ0v) is 18.6. The van der Waals surface area contributed by atoms with E-state index in [0.717, 1.165) is 18.4 Å². The highest BCUT2D eigenvalue weighted by Crippen LogP contribution is 2.58. The van der Waals surface area contributed by atoms with E-state index in [4.69, 9.17) is 4.74 Å². The summed E-state index contributed by atoms with van der Waals surface area (Å²) in [6.07, 6.45) is 3.06. The molecule has 1 spiro atoms. The van der Waals surface area contributed by atoms with Gasteiger partial charge in [-0.2, -0.15) is 0 Å². The van der Waals surface area contributed by atoms with Gasteiger partial charge in [-0.15, -0.1) is 0 Å². The number of likely N-dealkylation sites (tertiary alicyclic amines) is 1. The highest BCUT2D eigenvalue weighted by Gasteiger charge is 2.74. The van der Waals surface area contributed by atoms with Crippen molar-refractivity contribution in [2.75, 3.05) is 19.7 Å². The molecule has 5 atom stereocenters. The second-order valence-electron chi connectivity index (χ2n) is 9.01. The van der Waals surface area contributed by atoms with Crippen LogP contribution in [-0.2, 0) is 25.7 Å². The van der Waals surface area contributed by atoms with E-state index in [0.29, 0.717) is 32.4 Å². The summed E-state index contributed by atoms with van der Waals surface area (Å²) in [5.74, 6) is -1.91. The monoisotopic (exact) mass is 443 g/mol. The molecule has 3 N–H and O–H groups in total. The average Bonchev–Trinajstić information content (AvgIpc) is 3.44. The lowest BCUT2D eigenvalue weighted by Gasteiger charge is -2.33. The number of ether oxygens (including phenoxy) is 1. The Morgan fingerprint density at radius 2 is 1.97 bits per heavy atom. The third kappa shape index (κ3) is 3.90. The molecule has 0 saturated carbocycles. The van der Waals surface area contributed by atoms with Crippen molar-refractivity contribution in [3.8, 4) is 0 Å². The van der Waals surface area contributed by atoms with Crippen molar-refractivity contribution in [1.29, 1.82) is 0 Å². The normalized spacial score (nSPS) is 30.4. The van der Waals surface area contributed by atoms with Crippen molar-refractivity contribution in [2.24, 2.45) is 11.8 Å². The zero-order chi connectivity index (χ0) is 22.7. The predicted octanol–water partition coefficient (Wildman–Crippen LogP) is 0.976. The second-order valence-corrected chi connectivity index (χ2v) is 9.01. The number of hydrogen-bond donors (Lipinski definition) is 3. The number of benzene rings is 1. The molecule has 2 bridgehead atoms. The number of rotatable bonds is 10. The minimum absolute atomic E-state index is 0.0733. The molecule has 3 heterocycles. The summed E-state index contributed by atoms with van der Waals surface area (Å²) in [6, 6.07) is 8.86. The third-order valence-electron chi connectivity index (χ3n) is 7.05. The molecule has 3 fully saturated rings. The van der Waals surface area contributed by atoms with Crippen molar-refractivity contribution in [3.05, 3.63) is 35.9 Å². The molecule has 0 aromatic heterocycles. The first-order valence-corrected chi connectivity index (χ1v) is 11.7. The molecule has 1 aromatic rings. The van der Waals surface area contributed by atoms with Crippen LogP contribution in [0.2, 0.25) is 0 Å². The Bertz CT molecular complexity index is 847. The van der Waals surface area contributed by atoms with Crippen LogP contribution >= 0.6 is 0 Å². The number of unbranched alkanes of at least 4 members (excludes halogenated alkanes) is 1. The number of aliphatic hydroxyl groups is 1. The number of nitrogens with zero attached hydrogens (tertiary/aromatic N) is 1. The molecule has 3 aliphatic rings. The first-order valence-electron chi connectivity index (χ1n) is 11.7. The van der Waals surface area contributed by atoms with E-state index < -0.39 is 23.5 Å². The Hall–Kier alpha value is -2.45. The van der Waals surface area contributed by atoms with Crippen molar-refractivity contribution in [3.63, 3.8) is 0 Å². The molecule has 8 heteroatoms. The molecule has 2 unspecified atom stereocenters. The van der Waals surface area contributed by atoms with Gasteiger partial charge in [0.05, 0.1) is 17.9 Å². The molecule has 4 rings (SSSR count). The van der Waals surface area contributed by atoms with Gasteiger partial charge in [0, 0.05) is 26.2 Å². The summed E-state index contributed by atoms with van der Waals surface area (Å²) in [5, 5.41) is 15.3. The SMILES string of the molecule is CCCCNC(=O)C1N(CCCO)C(=O)[C@@H]2[C@H](C(=O)NCc3ccccc3)[C@@H]3CCC12O3. The minimum atomic E-state index is -0.970. The molecule has 3 aliphatic heterocycles. The summed E-state index contributed by atoms with van der Waals surface area (Å²) < 4.78 is 6.34.